The molecule has 4 rings (SSSR count). The molecule has 3 aromatic rings. The molecule has 122 valence electrons. The summed E-state index contributed by atoms with van der Waals surface area (Å²) < 4.78 is 0. The van der Waals surface area contributed by atoms with Crippen LogP contribution in [0.4, 0.5) is 0 Å². The van der Waals surface area contributed by atoms with Crippen molar-refractivity contribution in [3.8, 4) is 11.1 Å². The second kappa shape index (κ2) is 6.86. The van der Waals surface area contributed by atoms with Gasteiger partial charge in [0.15, 0.2) is 0 Å². The molecule has 3 aromatic carbocycles. The monoisotopic (exact) mass is 324 g/mol. The summed E-state index contributed by atoms with van der Waals surface area (Å²) in [6.45, 7) is 2.17. The lowest BCUT2D eigenvalue weighted by molar-refractivity contribution is 0.780. The van der Waals surface area contributed by atoms with Crippen molar-refractivity contribution in [2.75, 3.05) is 0 Å². The van der Waals surface area contributed by atoms with Crippen LogP contribution in [0.5, 0.6) is 0 Å². The quantitative estimate of drug-likeness (QED) is 0.356. The molecule has 0 aromatic heterocycles. The molecule has 2 nitrogen and oxygen atoms in total. The molecule has 0 saturated carbocycles. The van der Waals surface area contributed by atoms with Crippen LogP contribution in [0.15, 0.2) is 89.1 Å². The van der Waals surface area contributed by atoms with E-state index in [0.29, 0.717) is 5.92 Å². The molecule has 0 aliphatic heterocycles. The van der Waals surface area contributed by atoms with Crippen LogP contribution in [0, 0.1) is 5.92 Å². The van der Waals surface area contributed by atoms with E-state index in [0.717, 1.165) is 23.3 Å². The molecule has 1 aliphatic carbocycles. The molecule has 0 fully saturated rings. The minimum Gasteiger partial charge on any atom is -0.163 e. The van der Waals surface area contributed by atoms with Crippen molar-refractivity contribution >= 4 is 11.9 Å². The first-order valence-electron chi connectivity index (χ1n) is 8.67. The number of hydrogen-bond acceptors (Lipinski definition) is 2. The highest BCUT2D eigenvalue weighted by molar-refractivity contribution is 6.24. The third kappa shape index (κ3) is 3.16. The zero-order chi connectivity index (χ0) is 17.1. The van der Waals surface area contributed by atoms with E-state index in [2.05, 4.69) is 89.9 Å². The van der Waals surface area contributed by atoms with Gasteiger partial charge >= 0.3 is 0 Å². The lowest BCUT2D eigenvalue weighted by atomic mass is 10.0. The van der Waals surface area contributed by atoms with Crippen LogP contribution in [0.25, 0.3) is 11.1 Å². The zero-order valence-corrected chi connectivity index (χ0v) is 14.3. The molecule has 0 saturated heterocycles. The molecule has 0 N–H and O–H groups in total. The fourth-order valence-electron chi connectivity index (χ4n) is 3.35. The Hall–Kier alpha value is -3.00. The minimum absolute atomic E-state index is 0.346. The largest absolute Gasteiger partial charge is 0.163 e. The average molecular weight is 324 g/mol. The fraction of sp³-hybridized carbons (Fsp3) is 0.130. The molecular formula is C23H20N2. The summed E-state index contributed by atoms with van der Waals surface area (Å²) in [5, 5.41) is 8.98. The molecular weight excluding hydrogens is 304 g/mol. The summed E-state index contributed by atoms with van der Waals surface area (Å²) in [6, 6.07) is 27.3. The maximum Gasteiger partial charge on any atom is 0.101 e. The van der Waals surface area contributed by atoms with Crippen LogP contribution in [0.1, 0.15) is 23.6 Å². The van der Waals surface area contributed by atoms with Gasteiger partial charge in [-0.25, -0.2) is 0 Å². The van der Waals surface area contributed by atoms with Crippen LogP contribution < -0.4 is 0 Å². The van der Waals surface area contributed by atoms with Crippen LogP contribution in [-0.4, -0.2) is 11.9 Å². The molecule has 0 bridgehead atoms. The van der Waals surface area contributed by atoms with E-state index < -0.39 is 0 Å². The maximum atomic E-state index is 4.57. The van der Waals surface area contributed by atoms with Crippen molar-refractivity contribution in [1.29, 1.82) is 0 Å². The second-order valence-corrected chi connectivity index (χ2v) is 6.47. The Morgan fingerprint density at radius 2 is 1.24 bits per heavy atom. The maximum absolute atomic E-state index is 4.57. The molecule has 0 spiro atoms. The molecule has 1 aliphatic rings. The van der Waals surface area contributed by atoms with Crippen molar-refractivity contribution in [3.05, 3.63) is 95.6 Å². The van der Waals surface area contributed by atoms with E-state index in [1.54, 1.807) is 0 Å². The van der Waals surface area contributed by atoms with Crippen molar-refractivity contribution in [3.63, 3.8) is 0 Å². The number of fused-ring (bicyclic) bond motifs is 3. The van der Waals surface area contributed by atoms with E-state index in [4.69, 9.17) is 0 Å². The van der Waals surface area contributed by atoms with Gasteiger partial charge in [-0.2, -0.15) is 10.2 Å². The van der Waals surface area contributed by atoms with Crippen molar-refractivity contribution in [1.82, 2.24) is 0 Å². The van der Waals surface area contributed by atoms with Gasteiger partial charge < -0.3 is 0 Å². The van der Waals surface area contributed by atoms with E-state index in [9.17, 15) is 0 Å². The van der Waals surface area contributed by atoms with Gasteiger partial charge in [0.25, 0.3) is 0 Å². The number of hydrogen-bond donors (Lipinski definition) is 0. The second-order valence-electron chi connectivity index (χ2n) is 6.47. The topological polar surface area (TPSA) is 24.7 Å². The Morgan fingerprint density at radius 3 is 1.84 bits per heavy atom. The van der Waals surface area contributed by atoms with Gasteiger partial charge in [0, 0.05) is 17.3 Å². The summed E-state index contributed by atoms with van der Waals surface area (Å²) in [7, 11) is 0. The minimum atomic E-state index is 0.346. The normalized spacial score (nSPS) is 13.6. The Kier molecular flexibility index (Phi) is 4.26. The first-order valence-corrected chi connectivity index (χ1v) is 8.67. The first kappa shape index (κ1) is 15.5. The van der Waals surface area contributed by atoms with E-state index in [-0.39, 0.29) is 0 Å². The molecule has 0 radical (unpaired) electrons. The lowest BCUT2D eigenvalue weighted by Crippen LogP contribution is -2.01. The van der Waals surface area contributed by atoms with Gasteiger partial charge in [-0.05, 0) is 29.0 Å². The van der Waals surface area contributed by atoms with Crippen LogP contribution in [-0.2, 0) is 6.42 Å². The van der Waals surface area contributed by atoms with Gasteiger partial charge in [0.1, 0.15) is 5.71 Å². The summed E-state index contributed by atoms with van der Waals surface area (Å²) in [5.41, 5.74) is 7.10. The fourth-order valence-corrected chi connectivity index (χ4v) is 3.35. The average Bonchev–Trinajstić information content (AvgIpc) is 2.97. The molecule has 2 heteroatoms. The molecule has 0 amide bonds. The highest BCUT2D eigenvalue weighted by Crippen LogP contribution is 2.36. The highest BCUT2D eigenvalue weighted by Gasteiger charge is 2.23. The standard InChI is InChI=1S/C23H20N2/c1-17(15-18-9-3-2-4-10-18)16-24-25-23-21-13-7-5-11-19(21)20-12-6-8-14-22(20)23/h2-14,16-17H,15H2,1H3. The third-order valence-electron chi connectivity index (χ3n) is 4.53. The Morgan fingerprint density at radius 1 is 0.720 bits per heavy atom. The Balaban J connectivity index is 1.59. The Bertz CT molecular complexity index is 892. The summed E-state index contributed by atoms with van der Waals surface area (Å²) in [6.07, 6.45) is 2.92. The van der Waals surface area contributed by atoms with Crippen molar-refractivity contribution < 1.29 is 0 Å². The lowest BCUT2D eigenvalue weighted by Gasteiger charge is -2.04. The highest BCUT2D eigenvalue weighted by atomic mass is 15.2. The van der Waals surface area contributed by atoms with Crippen LogP contribution >= 0.6 is 0 Å². The van der Waals surface area contributed by atoms with Crippen LogP contribution in [0.2, 0.25) is 0 Å². The zero-order valence-electron chi connectivity index (χ0n) is 14.3. The van der Waals surface area contributed by atoms with E-state index in [1.807, 2.05) is 12.3 Å². The van der Waals surface area contributed by atoms with Gasteiger partial charge in [-0.15, -0.1) is 0 Å². The molecule has 1 atom stereocenters. The van der Waals surface area contributed by atoms with Gasteiger partial charge in [-0.1, -0.05) is 85.8 Å². The smallest absolute Gasteiger partial charge is 0.101 e. The predicted molar refractivity (Wildman–Crippen MR) is 105 cm³/mol. The summed E-state index contributed by atoms with van der Waals surface area (Å²) in [4.78, 5) is 0. The van der Waals surface area contributed by atoms with E-state index >= 15 is 0 Å². The summed E-state index contributed by atoms with van der Waals surface area (Å²) in [5.74, 6) is 0.346. The SMILES string of the molecule is CC(C=NN=C1c2ccccc2-c2ccccc21)Cc1ccccc1. The number of benzene rings is 3. The summed E-state index contributed by atoms with van der Waals surface area (Å²) >= 11 is 0. The molecule has 0 heterocycles. The van der Waals surface area contributed by atoms with Gasteiger partial charge in [-0.3, -0.25) is 0 Å². The van der Waals surface area contributed by atoms with Gasteiger partial charge in [0.2, 0.25) is 0 Å². The van der Waals surface area contributed by atoms with Crippen LogP contribution in [0.3, 0.4) is 0 Å². The third-order valence-corrected chi connectivity index (χ3v) is 4.53. The number of rotatable bonds is 4. The van der Waals surface area contributed by atoms with Crippen molar-refractivity contribution in [2.24, 2.45) is 16.1 Å². The van der Waals surface area contributed by atoms with Crippen molar-refractivity contribution in [2.45, 2.75) is 13.3 Å². The molecule has 25 heavy (non-hydrogen) atoms. The predicted octanol–water partition coefficient (Wildman–Crippen LogP) is 5.37. The number of nitrogens with zero attached hydrogens (tertiary/aromatic N) is 2. The first-order chi connectivity index (χ1) is 12.3. The Labute approximate surface area is 148 Å². The molecule has 1 unspecified atom stereocenters. The van der Waals surface area contributed by atoms with Gasteiger partial charge in [0.05, 0.1) is 0 Å². The van der Waals surface area contributed by atoms with E-state index in [1.165, 1.54) is 16.7 Å².